The summed E-state index contributed by atoms with van der Waals surface area (Å²) in [5.41, 5.74) is 4.08. The lowest BCUT2D eigenvalue weighted by molar-refractivity contribution is -0.111. The van der Waals surface area contributed by atoms with E-state index in [2.05, 4.69) is 5.32 Å². The lowest BCUT2D eigenvalue weighted by Gasteiger charge is -2.10. The van der Waals surface area contributed by atoms with Gasteiger partial charge in [-0.2, -0.15) is 0 Å². The van der Waals surface area contributed by atoms with Crippen LogP contribution in [0, 0.1) is 5.82 Å². The number of carbonyl (C=O) groups excluding carboxylic acids is 1. The Kier molecular flexibility index (Phi) is 5.94. The summed E-state index contributed by atoms with van der Waals surface area (Å²) in [6.07, 6.45) is 3.11. The number of para-hydroxylation sites is 1. The highest BCUT2D eigenvalue weighted by atomic mass is 19.1. The zero-order chi connectivity index (χ0) is 22.7. The van der Waals surface area contributed by atoms with Crippen LogP contribution in [0.1, 0.15) is 12.5 Å². The van der Waals surface area contributed by atoms with Crippen LogP contribution in [0.3, 0.4) is 0 Å². The second-order valence-corrected chi connectivity index (χ2v) is 7.22. The van der Waals surface area contributed by atoms with Gasteiger partial charge < -0.3 is 19.2 Å². The quantitative estimate of drug-likeness (QED) is 0.364. The molecule has 0 aliphatic heterocycles. The van der Waals surface area contributed by atoms with Crippen molar-refractivity contribution in [1.82, 2.24) is 0 Å². The number of anilines is 1. The Hall–Kier alpha value is -4.06. The highest BCUT2D eigenvalue weighted by Crippen LogP contribution is 2.37. The largest absolute Gasteiger partial charge is 0.497 e. The molecule has 0 aliphatic rings. The van der Waals surface area contributed by atoms with Crippen LogP contribution in [0.15, 0.2) is 77.4 Å². The zero-order valence-electron chi connectivity index (χ0n) is 17.9. The van der Waals surface area contributed by atoms with Crippen LogP contribution >= 0.6 is 0 Å². The van der Waals surface area contributed by atoms with Crippen molar-refractivity contribution in [2.45, 2.75) is 6.92 Å². The maximum Gasteiger partial charge on any atom is 0.248 e. The van der Waals surface area contributed by atoms with Crippen molar-refractivity contribution < 1.29 is 23.1 Å². The number of hydrogen-bond acceptors (Lipinski definition) is 4. The van der Waals surface area contributed by atoms with E-state index in [1.54, 1.807) is 45.6 Å². The topological polar surface area (TPSA) is 60.7 Å². The minimum absolute atomic E-state index is 0.126. The van der Waals surface area contributed by atoms with Gasteiger partial charge >= 0.3 is 0 Å². The summed E-state index contributed by atoms with van der Waals surface area (Å²) < 4.78 is 30.4. The van der Waals surface area contributed by atoms with Gasteiger partial charge in [0.2, 0.25) is 5.91 Å². The van der Waals surface area contributed by atoms with E-state index in [0.717, 1.165) is 27.8 Å². The van der Waals surface area contributed by atoms with Crippen molar-refractivity contribution in [1.29, 1.82) is 0 Å². The molecule has 32 heavy (non-hydrogen) atoms. The average Bonchev–Trinajstić information content (AvgIpc) is 3.22. The van der Waals surface area contributed by atoms with Crippen molar-refractivity contribution in [3.8, 4) is 22.6 Å². The SMILES string of the molecule is COc1ccc(-c2coc3cc(OC)c(/C(C)=C/C(=O)Nc4ccccc4F)cc23)cc1. The molecule has 3 aromatic carbocycles. The third-order valence-corrected chi connectivity index (χ3v) is 5.20. The second kappa shape index (κ2) is 8.98. The fourth-order valence-electron chi connectivity index (χ4n) is 3.53. The molecule has 0 saturated carbocycles. The Morgan fingerprint density at radius 1 is 1.03 bits per heavy atom. The number of allylic oxidation sites excluding steroid dienone is 1. The van der Waals surface area contributed by atoms with Crippen LogP contribution in [-0.4, -0.2) is 20.1 Å². The van der Waals surface area contributed by atoms with E-state index < -0.39 is 11.7 Å². The highest BCUT2D eigenvalue weighted by Gasteiger charge is 2.15. The number of benzene rings is 3. The number of rotatable bonds is 6. The van der Waals surface area contributed by atoms with Gasteiger partial charge in [-0.05, 0) is 48.4 Å². The first-order chi connectivity index (χ1) is 15.5. The van der Waals surface area contributed by atoms with Crippen molar-refractivity contribution in [2.75, 3.05) is 19.5 Å². The molecule has 1 N–H and O–H groups in total. The Morgan fingerprint density at radius 3 is 2.47 bits per heavy atom. The van der Waals surface area contributed by atoms with Crippen LogP contribution in [0.2, 0.25) is 0 Å². The molecule has 1 aromatic heterocycles. The molecule has 1 amide bonds. The minimum atomic E-state index is -0.492. The number of hydrogen-bond donors (Lipinski definition) is 1. The van der Waals surface area contributed by atoms with Crippen LogP contribution in [-0.2, 0) is 4.79 Å². The van der Waals surface area contributed by atoms with E-state index in [-0.39, 0.29) is 5.69 Å². The summed E-state index contributed by atoms with van der Waals surface area (Å²) in [6.45, 7) is 1.80. The number of carbonyl (C=O) groups is 1. The molecule has 1 heterocycles. The van der Waals surface area contributed by atoms with Crippen molar-refractivity contribution in [3.63, 3.8) is 0 Å². The predicted molar refractivity (Wildman–Crippen MR) is 123 cm³/mol. The third kappa shape index (κ3) is 4.21. The molecule has 162 valence electrons. The molecule has 0 unspecified atom stereocenters. The number of fused-ring (bicyclic) bond motifs is 1. The fraction of sp³-hybridized carbons (Fsp3) is 0.115. The lowest BCUT2D eigenvalue weighted by atomic mass is 9.99. The van der Waals surface area contributed by atoms with Crippen LogP contribution in [0.5, 0.6) is 11.5 Å². The van der Waals surface area contributed by atoms with E-state index in [1.807, 2.05) is 30.3 Å². The van der Waals surface area contributed by atoms with Crippen LogP contribution < -0.4 is 14.8 Å². The summed E-state index contributed by atoms with van der Waals surface area (Å²) in [4.78, 5) is 12.5. The van der Waals surface area contributed by atoms with Gasteiger partial charge in [-0.15, -0.1) is 0 Å². The molecule has 0 saturated heterocycles. The average molecular weight is 431 g/mol. The first kappa shape index (κ1) is 21.2. The fourth-order valence-corrected chi connectivity index (χ4v) is 3.53. The maximum atomic E-state index is 13.8. The lowest BCUT2D eigenvalue weighted by Crippen LogP contribution is -2.10. The Labute approximate surface area is 185 Å². The van der Waals surface area contributed by atoms with E-state index in [4.69, 9.17) is 13.9 Å². The van der Waals surface area contributed by atoms with E-state index in [0.29, 0.717) is 16.9 Å². The number of amides is 1. The molecule has 0 radical (unpaired) electrons. The highest BCUT2D eigenvalue weighted by molar-refractivity contribution is 6.05. The molecular weight excluding hydrogens is 409 g/mol. The zero-order valence-corrected chi connectivity index (χ0v) is 17.9. The number of furan rings is 1. The summed E-state index contributed by atoms with van der Waals surface area (Å²) in [7, 11) is 3.18. The van der Waals surface area contributed by atoms with Gasteiger partial charge in [0.15, 0.2) is 0 Å². The van der Waals surface area contributed by atoms with Gasteiger partial charge in [0.25, 0.3) is 0 Å². The van der Waals surface area contributed by atoms with Gasteiger partial charge in [0.1, 0.15) is 22.9 Å². The molecular formula is C26H22FNO4. The van der Waals surface area contributed by atoms with Gasteiger partial charge in [0.05, 0.1) is 26.2 Å². The van der Waals surface area contributed by atoms with Crippen molar-refractivity contribution >= 4 is 28.1 Å². The first-order valence-electron chi connectivity index (χ1n) is 9.98. The predicted octanol–water partition coefficient (Wildman–Crippen LogP) is 6.30. The number of ether oxygens (including phenoxy) is 2. The smallest absolute Gasteiger partial charge is 0.248 e. The van der Waals surface area contributed by atoms with Crippen molar-refractivity contribution in [3.05, 3.63) is 84.4 Å². The molecule has 0 fully saturated rings. The van der Waals surface area contributed by atoms with E-state index in [1.165, 1.54) is 18.2 Å². The molecule has 6 heteroatoms. The molecule has 4 aromatic rings. The molecule has 4 rings (SSSR count). The summed E-state index contributed by atoms with van der Waals surface area (Å²) in [6, 6.07) is 17.4. The standard InChI is InChI=1S/C26H22FNO4/c1-16(12-26(29)28-23-7-5-4-6-22(23)27)19-13-20-21(15-32-25(20)14-24(19)31-3)17-8-10-18(30-2)11-9-17/h4-15H,1-3H3,(H,28,29)/b16-12+. The summed E-state index contributed by atoms with van der Waals surface area (Å²) in [5, 5.41) is 3.45. The third-order valence-electron chi connectivity index (χ3n) is 5.20. The van der Waals surface area contributed by atoms with E-state index >= 15 is 0 Å². The molecule has 5 nitrogen and oxygen atoms in total. The van der Waals surface area contributed by atoms with Gasteiger partial charge in [0, 0.05) is 28.7 Å². The Bertz CT molecular complexity index is 1310. The van der Waals surface area contributed by atoms with Crippen LogP contribution in [0.4, 0.5) is 10.1 Å². The maximum absolute atomic E-state index is 13.8. The first-order valence-corrected chi connectivity index (χ1v) is 9.98. The van der Waals surface area contributed by atoms with Crippen molar-refractivity contribution in [2.24, 2.45) is 0 Å². The monoisotopic (exact) mass is 431 g/mol. The molecule has 0 atom stereocenters. The number of methoxy groups -OCH3 is 2. The van der Waals surface area contributed by atoms with E-state index in [9.17, 15) is 9.18 Å². The Morgan fingerprint density at radius 2 is 1.78 bits per heavy atom. The molecule has 0 bridgehead atoms. The molecule has 0 aliphatic carbocycles. The minimum Gasteiger partial charge on any atom is -0.497 e. The van der Waals surface area contributed by atoms with Crippen LogP contribution in [0.25, 0.3) is 27.7 Å². The molecule has 0 spiro atoms. The Balaban J connectivity index is 1.71. The summed E-state index contributed by atoms with van der Waals surface area (Å²) in [5.74, 6) is 0.412. The van der Waals surface area contributed by atoms with Gasteiger partial charge in [-0.3, -0.25) is 4.79 Å². The number of halogens is 1. The summed E-state index contributed by atoms with van der Waals surface area (Å²) >= 11 is 0. The van der Waals surface area contributed by atoms with Gasteiger partial charge in [-0.25, -0.2) is 4.39 Å². The normalized spacial score (nSPS) is 11.4. The number of nitrogens with one attached hydrogen (secondary N) is 1. The van der Waals surface area contributed by atoms with Gasteiger partial charge in [-0.1, -0.05) is 24.3 Å². The second-order valence-electron chi connectivity index (χ2n) is 7.22.